The highest BCUT2D eigenvalue weighted by atomic mass is 35.5. The number of methoxy groups -OCH3 is 1. The molecule has 0 aromatic heterocycles. The number of amides is 2. The second-order valence-electron chi connectivity index (χ2n) is 5.68. The van der Waals surface area contributed by atoms with E-state index in [0.29, 0.717) is 40.9 Å². The normalized spacial score (nSPS) is 10.2. The standard InChI is InChI=1S/C20H23ClN2O4/c1-4-23(5-2)20(25)17-11-6-14(12-18(17)21)22-19(24)13-27-16-9-7-15(26-3)8-10-16/h6-12H,4-5,13H2,1-3H3,(H,22,24). The molecule has 144 valence electrons. The van der Waals surface area contributed by atoms with Crippen molar-refractivity contribution in [2.45, 2.75) is 13.8 Å². The molecular weight excluding hydrogens is 368 g/mol. The molecule has 1 N–H and O–H groups in total. The molecule has 2 rings (SSSR count). The highest BCUT2D eigenvalue weighted by Crippen LogP contribution is 2.23. The number of benzene rings is 2. The number of carbonyl (C=O) groups is 2. The Morgan fingerprint density at radius 2 is 1.67 bits per heavy atom. The van der Waals surface area contributed by atoms with Gasteiger partial charge in [0.15, 0.2) is 6.61 Å². The molecule has 0 fully saturated rings. The molecule has 0 aliphatic carbocycles. The number of hydrogen-bond donors (Lipinski definition) is 1. The first kappa shape index (κ1) is 20.6. The largest absolute Gasteiger partial charge is 0.497 e. The lowest BCUT2D eigenvalue weighted by Gasteiger charge is -2.19. The summed E-state index contributed by atoms with van der Waals surface area (Å²) in [6.07, 6.45) is 0. The zero-order chi connectivity index (χ0) is 19.8. The van der Waals surface area contributed by atoms with E-state index in [-0.39, 0.29) is 18.4 Å². The SMILES string of the molecule is CCN(CC)C(=O)c1ccc(NC(=O)COc2ccc(OC)cc2)cc1Cl. The third kappa shape index (κ3) is 5.62. The maximum atomic E-state index is 12.4. The molecular formula is C20H23ClN2O4. The fraction of sp³-hybridized carbons (Fsp3) is 0.300. The number of ether oxygens (including phenoxy) is 2. The van der Waals surface area contributed by atoms with Crippen molar-refractivity contribution < 1.29 is 19.1 Å². The van der Waals surface area contributed by atoms with Gasteiger partial charge in [-0.3, -0.25) is 9.59 Å². The van der Waals surface area contributed by atoms with Crippen LogP contribution in [0.4, 0.5) is 5.69 Å². The fourth-order valence-corrected chi connectivity index (χ4v) is 2.73. The fourth-order valence-electron chi connectivity index (χ4n) is 2.47. The Morgan fingerprint density at radius 3 is 2.22 bits per heavy atom. The molecule has 0 heterocycles. The van der Waals surface area contributed by atoms with Gasteiger partial charge in [-0.05, 0) is 56.3 Å². The van der Waals surface area contributed by atoms with Crippen LogP contribution in [0.15, 0.2) is 42.5 Å². The van der Waals surface area contributed by atoms with Gasteiger partial charge in [-0.15, -0.1) is 0 Å². The van der Waals surface area contributed by atoms with Gasteiger partial charge < -0.3 is 19.7 Å². The van der Waals surface area contributed by atoms with Crippen LogP contribution in [0, 0.1) is 0 Å². The molecule has 0 saturated carbocycles. The molecule has 27 heavy (non-hydrogen) atoms. The van der Waals surface area contributed by atoms with Crippen molar-refractivity contribution in [3.05, 3.63) is 53.1 Å². The van der Waals surface area contributed by atoms with Crippen LogP contribution < -0.4 is 14.8 Å². The van der Waals surface area contributed by atoms with Crippen molar-refractivity contribution in [3.8, 4) is 11.5 Å². The molecule has 0 bridgehead atoms. The lowest BCUT2D eigenvalue weighted by Crippen LogP contribution is -2.30. The molecule has 0 atom stereocenters. The van der Waals surface area contributed by atoms with E-state index in [4.69, 9.17) is 21.1 Å². The van der Waals surface area contributed by atoms with Gasteiger partial charge in [0.1, 0.15) is 11.5 Å². The molecule has 7 heteroatoms. The van der Waals surface area contributed by atoms with Gasteiger partial charge in [-0.2, -0.15) is 0 Å². The van der Waals surface area contributed by atoms with Gasteiger partial charge in [-0.25, -0.2) is 0 Å². The van der Waals surface area contributed by atoms with Crippen molar-refractivity contribution in [1.29, 1.82) is 0 Å². The predicted molar refractivity (Wildman–Crippen MR) is 106 cm³/mol. The molecule has 2 amide bonds. The summed E-state index contributed by atoms with van der Waals surface area (Å²) in [6.45, 7) is 4.88. The summed E-state index contributed by atoms with van der Waals surface area (Å²) in [6, 6.07) is 11.8. The molecule has 6 nitrogen and oxygen atoms in total. The van der Waals surface area contributed by atoms with Crippen LogP contribution in [0.1, 0.15) is 24.2 Å². The van der Waals surface area contributed by atoms with Crippen molar-refractivity contribution in [2.24, 2.45) is 0 Å². The minimum atomic E-state index is -0.329. The molecule has 0 radical (unpaired) electrons. The molecule has 0 spiro atoms. The molecule has 2 aromatic rings. The van der Waals surface area contributed by atoms with Crippen LogP contribution in [0.5, 0.6) is 11.5 Å². The van der Waals surface area contributed by atoms with Crippen molar-refractivity contribution in [3.63, 3.8) is 0 Å². The minimum Gasteiger partial charge on any atom is -0.497 e. The van der Waals surface area contributed by atoms with Gasteiger partial charge in [0.25, 0.3) is 11.8 Å². The Balaban J connectivity index is 1.95. The van der Waals surface area contributed by atoms with Gasteiger partial charge in [-0.1, -0.05) is 11.6 Å². The predicted octanol–water partition coefficient (Wildman–Crippen LogP) is 3.85. The summed E-state index contributed by atoms with van der Waals surface area (Å²) in [4.78, 5) is 26.1. The molecule has 0 aliphatic rings. The van der Waals surface area contributed by atoms with Crippen LogP contribution >= 0.6 is 11.6 Å². The number of carbonyl (C=O) groups excluding carboxylic acids is 2. The maximum absolute atomic E-state index is 12.4. The van der Waals surface area contributed by atoms with E-state index < -0.39 is 0 Å². The first-order chi connectivity index (χ1) is 13.0. The minimum absolute atomic E-state index is 0.134. The van der Waals surface area contributed by atoms with Crippen LogP contribution in [0.25, 0.3) is 0 Å². The van der Waals surface area contributed by atoms with Crippen molar-refractivity contribution >= 4 is 29.1 Å². The second kappa shape index (κ2) is 9.83. The Labute approximate surface area is 164 Å². The maximum Gasteiger partial charge on any atom is 0.262 e. The topological polar surface area (TPSA) is 67.9 Å². The Kier molecular flexibility index (Phi) is 7.49. The second-order valence-corrected chi connectivity index (χ2v) is 6.09. The lowest BCUT2D eigenvalue weighted by atomic mass is 10.1. The van der Waals surface area contributed by atoms with Gasteiger partial charge in [0, 0.05) is 18.8 Å². The summed E-state index contributed by atoms with van der Waals surface area (Å²) in [7, 11) is 1.58. The molecule has 0 unspecified atom stereocenters. The Hall–Kier alpha value is -2.73. The first-order valence-corrected chi connectivity index (χ1v) is 9.01. The van der Waals surface area contributed by atoms with Gasteiger partial charge in [0.05, 0.1) is 17.7 Å². The van der Waals surface area contributed by atoms with Crippen LogP contribution in [-0.4, -0.2) is 43.5 Å². The number of nitrogens with one attached hydrogen (secondary N) is 1. The summed E-state index contributed by atoms with van der Waals surface area (Å²) in [5.74, 6) is 0.806. The Bertz CT molecular complexity index is 789. The third-order valence-corrected chi connectivity index (χ3v) is 4.28. The molecule has 0 saturated heterocycles. The van der Waals surface area contributed by atoms with E-state index >= 15 is 0 Å². The van der Waals surface area contributed by atoms with Crippen LogP contribution in [0.2, 0.25) is 5.02 Å². The summed E-state index contributed by atoms with van der Waals surface area (Å²) >= 11 is 6.23. The quantitative estimate of drug-likeness (QED) is 0.743. The van der Waals surface area contributed by atoms with Crippen molar-refractivity contribution in [1.82, 2.24) is 4.90 Å². The molecule has 0 aliphatic heterocycles. The van der Waals surface area contributed by atoms with E-state index in [2.05, 4.69) is 5.32 Å². The Morgan fingerprint density at radius 1 is 1.04 bits per heavy atom. The number of nitrogens with zero attached hydrogens (tertiary/aromatic N) is 1. The van der Waals surface area contributed by atoms with E-state index in [0.717, 1.165) is 0 Å². The van der Waals surface area contributed by atoms with Crippen molar-refractivity contribution in [2.75, 3.05) is 32.1 Å². The van der Waals surface area contributed by atoms with Gasteiger partial charge in [0.2, 0.25) is 0 Å². The van der Waals surface area contributed by atoms with E-state index in [1.54, 1.807) is 54.5 Å². The van der Waals surface area contributed by atoms with Gasteiger partial charge >= 0.3 is 0 Å². The zero-order valence-corrected chi connectivity index (χ0v) is 16.4. The summed E-state index contributed by atoms with van der Waals surface area (Å²) in [5, 5.41) is 2.99. The van der Waals surface area contributed by atoms with Crippen LogP contribution in [0.3, 0.4) is 0 Å². The van der Waals surface area contributed by atoms with Crippen LogP contribution in [-0.2, 0) is 4.79 Å². The van der Waals surface area contributed by atoms with E-state index in [1.807, 2.05) is 13.8 Å². The molecule has 2 aromatic carbocycles. The summed E-state index contributed by atoms with van der Waals surface area (Å²) in [5.41, 5.74) is 0.910. The third-order valence-electron chi connectivity index (χ3n) is 3.96. The zero-order valence-electron chi connectivity index (χ0n) is 15.6. The number of hydrogen-bond acceptors (Lipinski definition) is 4. The smallest absolute Gasteiger partial charge is 0.262 e. The average Bonchev–Trinajstić information content (AvgIpc) is 2.67. The highest BCUT2D eigenvalue weighted by Gasteiger charge is 2.16. The first-order valence-electron chi connectivity index (χ1n) is 8.64. The monoisotopic (exact) mass is 390 g/mol. The van der Waals surface area contributed by atoms with E-state index in [9.17, 15) is 9.59 Å². The number of rotatable bonds is 8. The highest BCUT2D eigenvalue weighted by molar-refractivity contribution is 6.34. The van der Waals surface area contributed by atoms with E-state index in [1.165, 1.54) is 0 Å². The average molecular weight is 391 g/mol. The lowest BCUT2D eigenvalue weighted by molar-refractivity contribution is -0.118. The number of anilines is 1. The number of halogens is 1. The summed E-state index contributed by atoms with van der Waals surface area (Å²) < 4.78 is 10.5.